The Morgan fingerprint density at radius 1 is 1.27 bits per heavy atom. The summed E-state index contributed by atoms with van der Waals surface area (Å²) in [5, 5.41) is 4.18. The van der Waals surface area contributed by atoms with Crippen LogP contribution in [0.4, 0.5) is 0 Å². The largest absolute Gasteiger partial charge is 0.281 e. The van der Waals surface area contributed by atoms with Crippen LogP contribution in [0.1, 0.15) is 28.9 Å². The van der Waals surface area contributed by atoms with Gasteiger partial charge in [0.15, 0.2) is 5.03 Å². The highest BCUT2D eigenvalue weighted by Gasteiger charge is 2.25. The highest BCUT2D eigenvalue weighted by Crippen LogP contribution is 2.18. The Morgan fingerprint density at radius 2 is 2.09 bits per heavy atom. The highest BCUT2D eigenvalue weighted by molar-refractivity contribution is 7.90. The molecule has 0 aliphatic carbocycles. The summed E-state index contributed by atoms with van der Waals surface area (Å²) >= 11 is 5.67. The molecule has 3 heterocycles. The molecular weight excluding hydrogens is 328 g/mol. The van der Waals surface area contributed by atoms with Crippen molar-refractivity contribution >= 4 is 27.5 Å². The maximum absolute atomic E-state index is 12.2. The lowest BCUT2D eigenvalue weighted by atomic mass is 10.1. The predicted octanol–water partition coefficient (Wildman–Crippen LogP) is 1.39. The van der Waals surface area contributed by atoms with E-state index < -0.39 is 15.9 Å². The molecule has 0 unspecified atom stereocenters. The molecule has 0 bridgehead atoms. The van der Waals surface area contributed by atoms with Crippen LogP contribution in [0, 0.1) is 0 Å². The number of aryl methyl sites for hydroxylation is 1. The van der Waals surface area contributed by atoms with Crippen LogP contribution < -0.4 is 4.72 Å². The molecule has 1 aliphatic rings. The summed E-state index contributed by atoms with van der Waals surface area (Å²) < 4.78 is 28.1. The number of hydrogen-bond acceptors (Lipinski definition) is 5. The van der Waals surface area contributed by atoms with Crippen LogP contribution in [0.2, 0.25) is 5.02 Å². The van der Waals surface area contributed by atoms with Gasteiger partial charge in [-0.05, 0) is 31.4 Å². The number of nitrogens with one attached hydrogen (secondary N) is 1. The molecule has 0 fully saturated rings. The standard InChI is InChI=1S/C13H13ClN4O3S/c14-9-4-5-12(15-7-9)22(20,21)17-13(19)10-8-16-18-6-2-1-3-11(10)18/h4-5,7-8H,1-3,6H2,(H,17,19). The van der Waals surface area contributed by atoms with E-state index in [4.69, 9.17) is 11.6 Å². The zero-order valence-electron chi connectivity index (χ0n) is 11.5. The van der Waals surface area contributed by atoms with Crippen molar-refractivity contribution in [2.24, 2.45) is 0 Å². The van der Waals surface area contributed by atoms with Crippen molar-refractivity contribution in [3.63, 3.8) is 0 Å². The minimum Gasteiger partial charge on any atom is -0.269 e. The fourth-order valence-corrected chi connectivity index (χ4v) is 3.37. The van der Waals surface area contributed by atoms with Gasteiger partial charge in [-0.3, -0.25) is 9.48 Å². The normalized spacial score (nSPS) is 14.4. The van der Waals surface area contributed by atoms with Gasteiger partial charge in [-0.1, -0.05) is 11.6 Å². The highest BCUT2D eigenvalue weighted by atomic mass is 35.5. The molecule has 1 amide bonds. The zero-order chi connectivity index (χ0) is 15.7. The van der Waals surface area contributed by atoms with Gasteiger partial charge in [0.25, 0.3) is 15.9 Å². The lowest BCUT2D eigenvalue weighted by molar-refractivity contribution is 0.0980. The molecule has 3 rings (SSSR count). The molecule has 116 valence electrons. The summed E-state index contributed by atoms with van der Waals surface area (Å²) in [5.74, 6) is -0.695. The van der Waals surface area contributed by atoms with Crippen molar-refractivity contribution in [1.82, 2.24) is 19.5 Å². The first-order valence-corrected chi connectivity index (χ1v) is 8.57. The molecule has 0 atom stereocenters. The van der Waals surface area contributed by atoms with Crippen molar-refractivity contribution < 1.29 is 13.2 Å². The molecule has 7 nitrogen and oxygen atoms in total. The second kappa shape index (κ2) is 5.69. The molecule has 0 saturated heterocycles. The van der Waals surface area contributed by atoms with E-state index in [-0.39, 0.29) is 10.6 Å². The molecular formula is C13H13ClN4O3S. The molecule has 9 heteroatoms. The smallest absolute Gasteiger partial charge is 0.269 e. The van der Waals surface area contributed by atoms with E-state index in [9.17, 15) is 13.2 Å². The molecule has 0 radical (unpaired) electrons. The monoisotopic (exact) mass is 340 g/mol. The Hall–Kier alpha value is -1.93. The third-order valence-corrected chi connectivity index (χ3v) is 4.90. The molecule has 1 aliphatic heterocycles. The minimum absolute atomic E-state index is 0.258. The van der Waals surface area contributed by atoms with Crippen molar-refractivity contribution in [3.8, 4) is 0 Å². The predicted molar refractivity (Wildman–Crippen MR) is 79.1 cm³/mol. The van der Waals surface area contributed by atoms with Crippen LogP contribution in [-0.4, -0.2) is 29.1 Å². The van der Waals surface area contributed by atoms with E-state index in [0.717, 1.165) is 25.1 Å². The lowest BCUT2D eigenvalue weighted by Crippen LogP contribution is -2.32. The SMILES string of the molecule is O=C(NS(=O)(=O)c1ccc(Cl)cn1)c1cnn2c1CCCC2. The number of rotatable bonds is 3. The number of nitrogens with zero attached hydrogens (tertiary/aromatic N) is 3. The Bertz CT molecular complexity index is 814. The van der Waals surface area contributed by atoms with Crippen molar-refractivity contribution in [2.45, 2.75) is 30.8 Å². The fourth-order valence-electron chi connectivity index (χ4n) is 2.36. The van der Waals surface area contributed by atoms with E-state index in [1.165, 1.54) is 24.5 Å². The van der Waals surface area contributed by atoms with Gasteiger partial charge in [0.05, 0.1) is 22.5 Å². The fraction of sp³-hybridized carbons (Fsp3) is 0.308. The first kappa shape index (κ1) is 15.0. The van der Waals surface area contributed by atoms with Gasteiger partial charge in [0.2, 0.25) is 0 Å². The Labute approximate surface area is 132 Å². The molecule has 1 N–H and O–H groups in total. The van der Waals surface area contributed by atoms with Gasteiger partial charge >= 0.3 is 0 Å². The van der Waals surface area contributed by atoms with Crippen LogP contribution in [0.25, 0.3) is 0 Å². The number of hydrogen-bond donors (Lipinski definition) is 1. The van der Waals surface area contributed by atoms with E-state index in [1.54, 1.807) is 4.68 Å². The van der Waals surface area contributed by atoms with Crippen molar-refractivity contribution in [2.75, 3.05) is 0 Å². The van der Waals surface area contributed by atoms with Gasteiger partial charge in [0.1, 0.15) is 0 Å². The minimum atomic E-state index is -4.04. The lowest BCUT2D eigenvalue weighted by Gasteiger charge is -2.14. The third-order valence-electron chi connectivity index (χ3n) is 3.43. The molecule has 0 saturated carbocycles. The quantitative estimate of drug-likeness (QED) is 0.911. The molecule has 2 aromatic rings. The number of halogens is 1. The van der Waals surface area contributed by atoms with Gasteiger partial charge in [0, 0.05) is 12.7 Å². The molecule has 0 aromatic carbocycles. The zero-order valence-corrected chi connectivity index (χ0v) is 13.1. The summed E-state index contributed by atoms with van der Waals surface area (Å²) in [6.45, 7) is 0.744. The number of pyridine rings is 1. The summed E-state index contributed by atoms with van der Waals surface area (Å²) in [5.41, 5.74) is 1.06. The first-order valence-electron chi connectivity index (χ1n) is 6.71. The Balaban J connectivity index is 1.84. The van der Waals surface area contributed by atoms with Crippen LogP contribution >= 0.6 is 11.6 Å². The van der Waals surface area contributed by atoms with E-state index in [1.807, 2.05) is 4.72 Å². The second-order valence-electron chi connectivity index (χ2n) is 4.93. The summed E-state index contributed by atoms with van der Waals surface area (Å²) in [6, 6.07) is 2.64. The van der Waals surface area contributed by atoms with Gasteiger partial charge < -0.3 is 0 Å². The number of sulfonamides is 1. The average molecular weight is 341 g/mol. The number of amides is 1. The number of carbonyl (C=O) groups is 1. The number of fused-ring (bicyclic) bond motifs is 1. The molecule has 0 spiro atoms. The van der Waals surface area contributed by atoms with Crippen LogP contribution in [0.5, 0.6) is 0 Å². The van der Waals surface area contributed by atoms with Crippen LogP contribution in [0.15, 0.2) is 29.6 Å². The molecule has 22 heavy (non-hydrogen) atoms. The Kier molecular flexibility index (Phi) is 3.88. The second-order valence-corrected chi connectivity index (χ2v) is 7.00. The maximum atomic E-state index is 12.2. The third kappa shape index (κ3) is 2.84. The van der Waals surface area contributed by atoms with Gasteiger partial charge in [-0.15, -0.1) is 0 Å². The topological polar surface area (TPSA) is 93.9 Å². The summed E-state index contributed by atoms with van der Waals surface area (Å²) in [4.78, 5) is 16.0. The van der Waals surface area contributed by atoms with Crippen molar-refractivity contribution in [1.29, 1.82) is 0 Å². The van der Waals surface area contributed by atoms with E-state index in [2.05, 4.69) is 10.1 Å². The summed E-state index contributed by atoms with van der Waals surface area (Å²) in [7, 11) is -4.04. The van der Waals surface area contributed by atoms with Crippen molar-refractivity contribution in [3.05, 3.63) is 40.8 Å². The Morgan fingerprint density at radius 3 is 2.82 bits per heavy atom. The number of aromatic nitrogens is 3. The number of carbonyl (C=O) groups excluding carboxylic acids is 1. The van der Waals surface area contributed by atoms with Crippen LogP contribution in [0.3, 0.4) is 0 Å². The molecule has 2 aromatic heterocycles. The average Bonchev–Trinajstić information content (AvgIpc) is 2.91. The van der Waals surface area contributed by atoms with Gasteiger partial charge in [-0.2, -0.15) is 13.5 Å². The maximum Gasteiger partial charge on any atom is 0.281 e. The van der Waals surface area contributed by atoms with Crippen LogP contribution in [-0.2, 0) is 23.0 Å². The summed E-state index contributed by atoms with van der Waals surface area (Å²) in [6.07, 6.45) is 5.28. The van der Waals surface area contributed by atoms with E-state index >= 15 is 0 Å². The van der Waals surface area contributed by atoms with Gasteiger partial charge in [-0.25, -0.2) is 9.71 Å². The first-order chi connectivity index (χ1) is 10.5. The van der Waals surface area contributed by atoms with E-state index in [0.29, 0.717) is 11.4 Å².